The molecule has 0 spiro atoms. The summed E-state index contributed by atoms with van der Waals surface area (Å²) in [5.41, 5.74) is 5.91. The lowest BCUT2D eigenvalue weighted by atomic mass is 10.0. The lowest BCUT2D eigenvalue weighted by Gasteiger charge is -2.10. The van der Waals surface area contributed by atoms with E-state index in [4.69, 9.17) is 15.2 Å². The quantitative estimate of drug-likeness (QED) is 0.688. The molecule has 0 heterocycles. The van der Waals surface area contributed by atoms with Crippen LogP contribution in [0.15, 0.2) is 36.4 Å². The fourth-order valence-electron chi connectivity index (χ4n) is 1.87. The second-order valence-electron chi connectivity index (χ2n) is 4.10. The van der Waals surface area contributed by atoms with E-state index in [9.17, 15) is 9.18 Å². The van der Waals surface area contributed by atoms with Crippen LogP contribution < -0.4 is 15.2 Å². The first-order chi connectivity index (χ1) is 9.58. The van der Waals surface area contributed by atoms with Gasteiger partial charge in [0.2, 0.25) is 0 Å². The van der Waals surface area contributed by atoms with E-state index in [2.05, 4.69) is 0 Å². The van der Waals surface area contributed by atoms with E-state index in [-0.39, 0.29) is 17.0 Å². The van der Waals surface area contributed by atoms with Crippen molar-refractivity contribution >= 4 is 11.5 Å². The van der Waals surface area contributed by atoms with Crippen molar-refractivity contribution in [2.75, 3.05) is 20.0 Å². The highest BCUT2D eigenvalue weighted by molar-refractivity contribution is 6.12. The Hall–Kier alpha value is -2.56. The molecule has 2 aromatic carbocycles. The number of halogens is 1. The van der Waals surface area contributed by atoms with E-state index in [1.807, 2.05) is 0 Å². The first-order valence-corrected chi connectivity index (χ1v) is 5.89. The lowest BCUT2D eigenvalue weighted by molar-refractivity contribution is 0.103. The van der Waals surface area contributed by atoms with E-state index >= 15 is 0 Å². The number of nitrogens with two attached hydrogens (primary N) is 1. The van der Waals surface area contributed by atoms with Crippen LogP contribution in [0.5, 0.6) is 11.5 Å². The molecule has 0 atom stereocenters. The number of ether oxygens (including phenoxy) is 2. The highest BCUT2D eigenvalue weighted by Crippen LogP contribution is 2.29. The Bertz CT molecular complexity index is 656. The number of para-hydroxylation sites is 1. The summed E-state index contributed by atoms with van der Waals surface area (Å²) in [7, 11) is 2.98. The Labute approximate surface area is 115 Å². The molecule has 0 fully saturated rings. The van der Waals surface area contributed by atoms with Gasteiger partial charge in [-0.3, -0.25) is 4.79 Å². The molecule has 0 aromatic heterocycles. The van der Waals surface area contributed by atoms with Crippen molar-refractivity contribution < 1.29 is 18.7 Å². The smallest absolute Gasteiger partial charge is 0.195 e. The molecule has 0 aliphatic rings. The zero-order valence-electron chi connectivity index (χ0n) is 11.1. The standard InChI is InChI=1S/C15H14FNO3/c1-19-12-7-6-9(8-13(12)20-2)15(18)10-4-3-5-11(16)14(10)17/h3-8H,17H2,1-2H3. The minimum absolute atomic E-state index is 0.122. The third-order valence-corrected chi connectivity index (χ3v) is 2.94. The van der Waals surface area contributed by atoms with E-state index in [1.165, 1.54) is 38.5 Å². The highest BCUT2D eigenvalue weighted by Gasteiger charge is 2.16. The summed E-state index contributed by atoms with van der Waals surface area (Å²) in [5, 5.41) is 0. The van der Waals surface area contributed by atoms with Gasteiger partial charge in [0.05, 0.1) is 19.9 Å². The average Bonchev–Trinajstić information content (AvgIpc) is 2.48. The number of carbonyl (C=O) groups excluding carboxylic acids is 1. The van der Waals surface area contributed by atoms with E-state index < -0.39 is 5.82 Å². The van der Waals surface area contributed by atoms with Crippen LogP contribution >= 0.6 is 0 Å². The van der Waals surface area contributed by atoms with Crippen LogP contribution in [0.3, 0.4) is 0 Å². The van der Waals surface area contributed by atoms with Gasteiger partial charge in [0, 0.05) is 11.1 Å². The topological polar surface area (TPSA) is 61.5 Å². The molecular formula is C15H14FNO3. The van der Waals surface area contributed by atoms with Gasteiger partial charge in [-0.1, -0.05) is 6.07 Å². The summed E-state index contributed by atoms with van der Waals surface area (Å²) in [5.74, 6) is -0.0520. The Kier molecular flexibility index (Phi) is 3.89. The summed E-state index contributed by atoms with van der Waals surface area (Å²) >= 11 is 0. The monoisotopic (exact) mass is 275 g/mol. The molecule has 0 radical (unpaired) electrons. The van der Waals surface area contributed by atoms with Gasteiger partial charge in [-0.25, -0.2) is 4.39 Å². The first-order valence-electron chi connectivity index (χ1n) is 5.89. The van der Waals surface area contributed by atoms with Gasteiger partial charge in [0.15, 0.2) is 17.3 Å². The van der Waals surface area contributed by atoms with Crippen molar-refractivity contribution in [2.24, 2.45) is 0 Å². The summed E-state index contributed by atoms with van der Waals surface area (Å²) in [6.45, 7) is 0. The number of anilines is 1. The molecule has 2 N–H and O–H groups in total. The number of ketones is 1. The first kappa shape index (κ1) is 13.9. The van der Waals surface area contributed by atoms with Crippen LogP contribution in [0.4, 0.5) is 10.1 Å². The molecule has 2 rings (SSSR count). The zero-order chi connectivity index (χ0) is 14.7. The van der Waals surface area contributed by atoms with Crippen molar-refractivity contribution in [2.45, 2.75) is 0 Å². The minimum atomic E-state index is -0.615. The van der Waals surface area contributed by atoms with Gasteiger partial charge in [-0.15, -0.1) is 0 Å². The van der Waals surface area contributed by atoms with Crippen molar-refractivity contribution in [3.05, 3.63) is 53.3 Å². The van der Waals surface area contributed by atoms with Gasteiger partial charge in [-0.05, 0) is 30.3 Å². The largest absolute Gasteiger partial charge is 0.493 e. The van der Waals surface area contributed by atoms with E-state index in [0.29, 0.717) is 17.1 Å². The van der Waals surface area contributed by atoms with Gasteiger partial charge in [-0.2, -0.15) is 0 Å². The molecule has 0 saturated heterocycles. The normalized spacial score (nSPS) is 10.2. The summed E-state index contributed by atoms with van der Waals surface area (Å²) in [6, 6.07) is 8.86. The molecule has 2 aromatic rings. The Morgan fingerprint density at radius 2 is 1.80 bits per heavy atom. The predicted molar refractivity (Wildman–Crippen MR) is 73.8 cm³/mol. The highest BCUT2D eigenvalue weighted by atomic mass is 19.1. The number of nitrogen functional groups attached to an aromatic ring is 1. The van der Waals surface area contributed by atoms with Crippen molar-refractivity contribution in [3.8, 4) is 11.5 Å². The molecule has 5 heteroatoms. The molecular weight excluding hydrogens is 261 g/mol. The molecule has 0 aliphatic carbocycles. The third kappa shape index (κ3) is 2.42. The number of hydrogen-bond acceptors (Lipinski definition) is 4. The number of rotatable bonds is 4. The SMILES string of the molecule is COc1ccc(C(=O)c2cccc(F)c2N)cc1OC. The van der Waals surface area contributed by atoms with Crippen molar-refractivity contribution in [3.63, 3.8) is 0 Å². The van der Waals surface area contributed by atoms with Crippen molar-refractivity contribution in [1.82, 2.24) is 0 Å². The Morgan fingerprint density at radius 3 is 2.45 bits per heavy atom. The van der Waals surface area contributed by atoms with Crippen LogP contribution in [0, 0.1) is 5.82 Å². The van der Waals surface area contributed by atoms with Crippen LogP contribution in [0.25, 0.3) is 0 Å². The maximum absolute atomic E-state index is 13.4. The second kappa shape index (κ2) is 5.61. The third-order valence-electron chi connectivity index (χ3n) is 2.94. The molecule has 0 amide bonds. The number of hydrogen-bond donors (Lipinski definition) is 1. The van der Waals surface area contributed by atoms with Crippen LogP contribution in [-0.2, 0) is 0 Å². The zero-order valence-corrected chi connectivity index (χ0v) is 11.1. The van der Waals surface area contributed by atoms with Crippen molar-refractivity contribution in [1.29, 1.82) is 0 Å². The van der Waals surface area contributed by atoms with Gasteiger partial charge >= 0.3 is 0 Å². The van der Waals surface area contributed by atoms with Crippen LogP contribution in [0.2, 0.25) is 0 Å². The summed E-state index contributed by atoms with van der Waals surface area (Å²) in [4.78, 5) is 12.3. The molecule has 4 nitrogen and oxygen atoms in total. The van der Waals surface area contributed by atoms with Gasteiger partial charge in [0.25, 0.3) is 0 Å². The molecule has 20 heavy (non-hydrogen) atoms. The van der Waals surface area contributed by atoms with E-state index in [1.54, 1.807) is 12.1 Å². The summed E-state index contributed by atoms with van der Waals surface area (Å²) < 4.78 is 23.6. The van der Waals surface area contributed by atoms with Crippen LogP contribution in [-0.4, -0.2) is 20.0 Å². The Balaban J connectivity index is 2.46. The number of carbonyl (C=O) groups is 1. The molecule has 104 valence electrons. The molecule has 0 saturated carbocycles. The summed E-state index contributed by atoms with van der Waals surface area (Å²) in [6.07, 6.45) is 0. The second-order valence-corrected chi connectivity index (χ2v) is 4.10. The fourth-order valence-corrected chi connectivity index (χ4v) is 1.87. The van der Waals surface area contributed by atoms with Crippen LogP contribution in [0.1, 0.15) is 15.9 Å². The molecule has 0 aliphatic heterocycles. The lowest BCUT2D eigenvalue weighted by Crippen LogP contribution is -2.07. The maximum Gasteiger partial charge on any atom is 0.195 e. The molecule has 0 unspecified atom stereocenters. The molecule has 0 bridgehead atoms. The number of methoxy groups -OCH3 is 2. The predicted octanol–water partition coefficient (Wildman–Crippen LogP) is 2.66. The average molecular weight is 275 g/mol. The van der Waals surface area contributed by atoms with Gasteiger partial charge in [0.1, 0.15) is 5.82 Å². The van der Waals surface area contributed by atoms with Gasteiger partial charge < -0.3 is 15.2 Å². The minimum Gasteiger partial charge on any atom is -0.493 e. The fraction of sp³-hybridized carbons (Fsp3) is 0.133. The Morgan fingerprint density at radius 1 is 1.10 bits per heavy atom. The van der Waals surface area contributed by atoms with E-state index in [0.717, 1.165) is 0 Å². The number of benzene rings is 2. The maximum atomic E-state index is 13.4.